The molecular weight excluding hydrogens is 258 g/mol. The summed E-state index contributed by atoms with van der Waals surface area (Å²) in [7, 11) is 0. The monoisotopic (exact) mass is 279 g/mol. The first kappa shape index (κ1) is 13.5. The first-order valence-electron chi connectivity index (χ1n) is 7.42. The fourth-order valence-corrected chi connectivity index (χ4v) is 3.89. The van der Waals surface area contributed by atoms with Crippen LogP contribution in [-0.4, -0.2) is 44.3 Å². The number of nitrogens with zero attached hydrogens (tertiary/aromatic N) is 3. The molecule has 1 aliphatic heterocycles. The van der Waals surface area contributed by atoms with Crippen LogP contribution in [0.3, 0.4) is 0 Å². The summed E-state index contributed by atoms with van der Waals surface area (Å²) in [6.45, 7) is 0.829. The van der Waals surface area contributed by atoms with Gasteiger partial charge < -0.3 is 10.4 Å². The number of carboxylic acid groups (broad SMARTS) is 1. The minimum absolute atomic E-state index is 0.308. The van der Waals surface area contributed by atoms with Gasteiger partial charge in [-0.2, -0.15) is 5.21 Å². The largest absolute Gasteiger partial charge is 0.480 e. The molecule has 2 heterocycles. The summed E-state index contributed by atoms with van der Waals surface area (Å²) in [4.78, 5) is 11.3. The standard InChI is InChI=1S/C13H21N5O2/c19-13(20)12-10-3-1-8(7-9(10)5-6-14-12)2-4-11-15-17-18-16-11/h8-10,12,14H,1-7H2,(H,19,20)(H,15,16,17,18)/t8?,9-,10+,12+/m0/s1. The molecule has 0 bridgehead atoms. The molecule has 1 unspecified atom stereocenters. The molecule has 1 aliphatic carbocycles. The van der Waals surface area contributed by atoms with E-state index in [0.29, 0.717) is 17.8 Å². The zero-order chi connectivity index (χ0) is 13.9. The molecule has 110 valence electrons. The predicted octanol–water partition coefficient (Wildman–Crippen LogP) is 0.611. The Balaban J connectivity index is 1.54. The van der Waals surface area contributed by atoms with E-state index in [9.17, 15) is 9.90 Å². The summed E-state index contributed by atoms with van der Waals surface area (Å²) in [5, 5.41) is 26.4. The van der Waals surface area contributed by atoms with Crippen LogP contribution in [0.1, 0.15) is 37.9 Å². The molecule has 2 aliphatic rings. The van der Waals surface area contributed by atoms with Crippen LogP contribution in [0.15, 0.2) is 0 Å². The smallest absolute Gasteiger partial charge is 0.320 e. The highest BCUT2D eigenvalue weighted by Gasteiger charge is 2.40. The predicted molar refractivity (Wildman–Crippen MR) is 70.9 cm³/mol. The van der Waals surface area contributed by atoms with Crippen molar-refractivity contribution in [2.75, 3.05) is 6.54 Å². The van der Waals surface area contributed by atoms with E-state index < -0.39 is 5.97 Å². The highest BCUT2D eigenvalue weighted by molar-refractivity contribution is 5.74. The van der Waals surface area contributed by atoms with E-state index in [2.05, 4.69) is 25.9 Å². The molecule has 20 heavy (non-hydrogen) atoms. The van der Waals surface area contributed by atoms with Gasteiger partial charge in [0.15, 0.2) is 5.82 Å². The summed E-state index contributed by atoms with van der Waals surface area (Å²) in [6, 6.07) is -0.341. The van der Waals surface area contributed by atoms with Gasteiger partial charge in [0.05, 0.1) is 0 Å². The molecule has 1 aromatic heterocycles. The zero-order valence-corrected chi connectivity index (χ0v) is 11.5. The molecule has 1 saturated heterocycles. The number of hydrogen-bond acceptors (Lipinski definition) is 5. The molecule has 2 fully saturated rings. The topological polar surface area (TPSA) is 104 Å². The lowest BCUT2D eigenvalue weighted by Crippen LogP contribution is -2.52. The molecule has 4 atom stereocenters. The van der Waals surface area contributed by atoms with Crippen molar-refractivity contribution >= 4 is 5.97 Å². The lowest BCUT2D eigenvalue weighted by molar-refractivity contribution is -0.143. The highest BCUT2D eigenvalue weighted by atomic mass is 16.4. The normalized spacial score (nSPS) is 33.6. The van der Waals surface area contributed by atoms with Crippen LogP contribution in [0.25, 0.3) is 0 Å². The zero-order valence-electron chi connectivity index (χ0n) is 11.5. The van der Waals surface area contributed by atoms with Gasteiger partial charge in [0.2, 0.25) is 0 Å². The van der Waals surface area contributed by atoms with Gasteiger partial charge >= 0.3 is 5.97 Å². The third-order valence-electron chi connectivity index (χ3n) is 4.89. The van der Waals surface area contributed by atoms with Gasteiger partial charge in [-0.05, 0) is 50.0 Å². The highest BCUT2D eigenvalue weighted by Crippen LogP contribution is 2.41. The molecule has 0 amide bonds. The molecule has 0 aromatic carbocycles. The molecule has 0 radical (unpaired) electrons. The lowest BCUT2D eigenvalue weighted by Gasteiger charge is -2.42. The maximum atomic E-state index is 11.3. The van der Waals surface area contributed by atoms with Gasteiger partial charge in [-0.1, -0.05) is 11.6 Å². The van der Waals surface area contributed by atoms with Gasteiger partial charge in [-0.25, -0.2) is 0 Å². The molecule has 3 rings (SSSR count). The number of hydrogen-bond donors (Lipinski definition) is 3. The second kappa shape index (κ2) is 5.87. The van der Waals surface area contributed by atoms with Crippen molar-refractivity contribution in [2.24, 2.45) is 17.8 Å². The van der Waals surface area contributed by atoms with E-state index in [1.165, 1.54) is 0 Å². The Morgan fingerprint density at radius 3 is 3.00 bits per heavy atom. The minimum Gasteiger partial charge on any atom is -0.480 e. The Labute approximate surface area is 117 Å². The maximum Gasteiger partial charge on any atom is 0.320 e. The number of aryl methyl sites for hydroxylation is 1. The fraction of sp³-hybridized carbons (Fsp3) is 0.846. The Morgan fingerprint density at radius 2 is 2.25 bits per heavy atom. The first-order chi connectivity index (χ1) is 9.74. The van der Waals surface area contributed by atoms with E-state index >= 15 is 0 Å². The van der Waals surface area contributed by atoms with Gasteiger partial charge in [-0.15, -0.1) is 10.2 Å². The first-order valence-corrected chi connectivity index (χ1v) is 7.42. The van der Waals surface area contributed by atoms with Gasteiger partial charge in [0.1, 0.15) is 6.04 Å². The Morgan fingerprint density at radius 1 is 1.35 bits per heavy atom. The molecular formula is C13H21N5O2. The van der Waals surface area contributed by atoms with Gasteiger partial charge in [-0.3, -0.25) is 4.79 Å². The average Bonchev–Trinajstić information content (AvgIpc) is 2.97. The van der Waals surface area contributed by atoms with Crippen molar-refractivity contribution in [1.29, 1.82) is 0 Å². The maximum absolute atomic E-state index is 11.3. The average molecular weight is 279 g/mol. The molecule has 1 aromatic rings. The Bertz CT molecular complexity index is 450. The number of H-pyrrole nitrogens is 1. The Kier molecular flexibility index (Phi) is 3.95. The number of fused-ring (bicyclic) bond motifs is 1. The lowest BCUT2D eigenvalue weighted by atomic mass is 9.67. The number of carboxylic acids is 1. The number of tetrazole rings is 1. The summed E-state index contributed by atoms with van der Waals surface area (Å²) >= 11 is 0. The van der Waals surface area contributed by atoms with Crippen LogP contribution in [0.4, 0.5) is 0 Å². The second-order valence-electron chi connectivity index (χ2n) is 6.03. The van der Waals surface area contributed by atoms with Crippen molar-refractivity contribution in [3.05, 3.63) is 5.82 Å². The van der Waals surface area contributed by atoms with Crippen LogP contribution in [-0.2, 0) is 11.2 Å². The van der Waals surface area contributed by atoms with E-state index in [1.54, 1.807) is 0 Å². The van der Waals surface area contributed by atoms with Crippen LogP contribution in [0, 0.1) is 17.8 Å². The van der Waals surface area contributed by atoms with Crippen molar-refractivity contribution < 1.29 is 9.90 Å². The van der Waals surface area contributed by atoms with Gasteiger partial charge in [0.25, 0.3) is 0 Å². The number of aromatic amines is 1. The molecule has 1 saturated carbocycles. The summed E-state index contributed by atoms with van der Waals surface area (Å²) in [5.41, 5.74) is 0. The van der Waals surface area contributed by atoms with E-state index in [-0.39, 0.29) is 6.04 Å². The molecule has 7 heteroatoms. The number of rotatable bonds is 4. The Hall–Kier alpha value is -1.50. The summed E-state index contributed by atoms with van der Waals surface area (Å²) in [5.74, 6) is 1.62. The van der Waals surface area contributed by atoms with Gasteiger partial charge in [0, 0.05) is 6.42 Å². The second-order valence-corrected chi connectivity index (χ2v) is 6.03. The number of aromatic nitrogens is 4. The van der Waals surface area contributed by atoms with Crippen molar-refractivity contribution in [3.8, 4) is 0 Å². The molecule has 7 nitrogen and oxygen atoms in total. The van der Waals surface area contributed by atoms with Crippen LogP contribution < -0.4 is 5.32 Å². The quantitative estimate of drug-likeness (QED) is 0.746. The third-order valence-corrected chi connectivity index (χ3v) is 4.89. The molecule has 3 N–H and O–H groups in total. The number of nitrogens with one attached hydrogen (secondary N) is 2. The molecule has 0 spiro atoms. The van der Waals surface area contributed by atoms with Crippen molar-refractivity contribution in [1.82, 2.24) is 25.9 Å². The minimum atomic E-state index is -0.690. The van der Waals surface area contributed by atoms with E-state index in [0.717, 1.165) is 50.9 Å². The van der Waals surface area contributed by atoms with E-state index in [1.807, 2.05) is 0 Å². The van der Waals surface area contributed by atoms with Crippen LogP contribution in [0.5, 0.6) is 0 Å². The van der Waals surface area contributed by atoms with Crippen molar-refractivity contribution in [3.63, 3.8) is 0 Å². The summed E-state index contributed by atoms with van der Waals surface area (Å²) < 4.78 is 0. The number of carbonyl (C=O) groups is 1. The fourth-order valence-electron chi connectivity index (χ4n) is 3.89. The van der Waals surface area contributed by atoms with Crippen molar-refractivity contribution in [2.45, 2.75) is 44.6 Å². The third kappa shape index (κ3) is 2.82. The number of piperidine rings is 1. The van der Waals surface area contributed by atoms with Crippen LogP contribution >= 0.6 is 0 Å². The summed E-state index contributed by atoms with van der Waals surface area (Å²) in [6.07, 6.45) is 6.32. The SMILES string of the molecule is O=C(O)[C@@H]1NCC[C@H]2CC(CCc3nn[nH]n3)CC[C@H]21. The van der Waals surface area contributed by atoms with E-state index in [4.69, 9.17) is 0 Å². The number of aliphatic carboxylic acids is 1. The van der Waals surface area contributed by atoms with Crippen LogP contribution in [0.2, 0.25) is 0 Å².